The van der Waals surface area contributed by atoms with E-state index in [0.29, 0.717) is 11.5 Å². The van der Waals surface area contributed by atoms with Crippen LogP contribution in [0.1, 0.15) is 60.1 Å². The van der Waals surface area contributed by atoms with E-state index < -0.39 is 0 Å². The third-order valence-corrected chi connectivity index (χ3v) is 6.66. The molecule has 2 aromatic heterocycles. The number of rotatable bonds is 5. The molecule has 2 aliphatic rings. The largest absolute Gasteiger partial charge is 0.462 e. The summed E-state index contributed by atoms with van der Waals surface area (Å²) in [7, 11) is 0. The number of carbonyl (C=O) groups excluding carboxylic acids is 1. The number of likely N-dealkylation sites (tertiary alicyclic amines) is 1. The van der Waals surface area contributed by atoms with Gasteiger partial charge in [0.1, 0.15) is 21.3 Å². The molecule has 7 heteroatoms. The molecule has 0 spiro atoms. The molecule has 2 aromatic rings. The number of thiophene rings is 1. The molecule has 0 unspecified atom stereocenters. The van der Waals surface area contributed by atoms with E-state index in [2.05, 4.69) is 9.80 Å². The minimum atomic E-state index is -0.247. The van der Waals surface area contributed by atoms with Gasteiger partial charge in [0.2, 0.25) is 0 Å². The van der Waals surface area contributed by atoms with Crippen LogP contribution in [0, 0.1) is 6.92 Å². The molecule has 0 amide bonds. The van der Waals surface area contributed by atoms with Crippen molar-refractivity contribution in [2.45, 2.75) is 52.5 Å². The molecule has 146 valence electrons. The van der Waals surface area contributed by atoms with Gasteiger partial charge >= 0.3 is 5.97 Å². The van der Waals surface area contributed by atoms with Crippen LogP contribution in [-0.2, 0) is 11.3 Å². The maximum Gasteiger partial charge on any atom is 0.348 e. The lowest BCUT2D eigenvalue weighted by Gasteiger charge is -2.26. The van der Waals surface area contributed by atoms with Crippen LogP contribution in [-0.4, -0.2) is 53.6 Å². The van der Waals surface area contributed by atoms with Crippen LogP contribution in [0.15, 0.2) is 0 Å². The fourth-order valence-electron chi connectivity index (χ4n) is 4.10. The first-order valence-corrected chi connectivity index (χ1v) is 10.9. The van der Waals surface area contributed by atoms with Crippen LogP contribution in [0.25, 0.3) is 10.2 Å². The molecule has 0 atom stereocenters. The van der Waals surface area contributed by atoms with E-state index in [1.165, 1.54) is 43.4 Å². The molecule has 2 fully saturated rings. The lowest BCUT2D eigenvalue weighted by atomic mass is 10.1. The number of anilines is 1. The monoisotopic (exact) mass is 388 g/mol. The summed E-state index contributed by atoms with van der Waals surface area (Å²) in [6.45, 7) is 9.32. The maximum absolute atomic E-state index is 12.4. The third kappa shape index (κ3) is 3.80. The van der Waals surface area contributed by atoms with Crippen molar-refractivity contribution in [1.82, 2.24) is 14.9 Å². The van der Waals surface area contributed by atoms with Crippen molar-refractivity contribution in [1.29, 1.82) is 0 Å². The van der Waals surface area contributed by atoms with Crippen molar-refractivity contribution in [3.05, 3.63) is 16.3 Å². The van der Waals surface area contributed by atoms with E-state index in [1.807, 2.05) is 13.8 Å². The fraction of sp³-hybridized carbons (Fsp3) is 0.650. The first kappa shape index (κ1) is 18.6. The van der Waals surface area contributed by atoms with Gasteiger partial charge in [0.05, 0.1) is 18.5 Å². The number of nitrogens with zero attached hydrogens (tertiary/aromatic N) is 4. The summed E-state index contributed by atoms with van der Waals surface area (Å²) in [6.07, 6.45) is 6.23. The zero-order chi connectivity index (χ0) is 18.8. The SMILES string of the molecule is CCOC(=O)c1sc2nc(CN3CCCCC3)nc(N3CCCC3)c2c1C. The molecule has 27 heavy (non-hydrogen) atoms. The topological polar surface area (TPSA) is 58.6 Å². The molecule has 0 bridgehead atoms. The first-order valence-electron chi connectivity index (χ1n) is 10.1. The van der Waals surface area contributed by atoms with Crippen LogP contribution >= 0.6 is 11.3 Å². The highest BCUT2D eigenvalue weighted by Gasteiger charge is 2.25. The van der Waals surface area contributed by atoms with E-state index in [4.69, 9.17) is 14.7 Å². The summed E-state index contributed by atoms with van der Waals surface area (Å²) in [5.41, 5.74) is 0.958. The van der Waals surface area contributed by atoms with Gasteiger partial charge in [-0.05, 0) is 58.2 Å². The number of piperidine rings is 1. The number of esters is 1. The molecular weight excluding hydrogens is 360 g/mol. The second-order valence-electron chi connectivity index (χ2n) is 7.45. The Morgan fingerprint density at radius 1 is 1.07 bits per heavy atom. The molecule has 4 rings (SSSR count). The molecular formula is C20H28N4O2S. The molecule has 6 nitrogen and oxygen atoms in total. The summed E-state index contributed by atoms with van der Waals surface area (Å²) in [5, 5.41) is 1.03. The van der Waals surface area contributed by atoms with Crippen molar-refractivity contribution in [2.75, 3.05) is 37.7 Å². The molecule has 0 saturated carbocycles. The van der Waals surface area contributed by atoms with Crippen LogP contribution in [0.5, 0.6) is 0 Å². The van der Waals surface area contributed by atoms with Gasteiger partial charge in [0.25, 0.3) is 0 Å². The van der Waals surface area contributed by atoms with Crippen LogP contribution in [0.2, 0.25) is 0 Å². The van der Waals surface area contributed by atoms with Gasteiger partial charge in [-0.2, -0.15) is 0 Å². The molecule has 2 aliphatic heterocycles. The zero-order valence-corrected chi connectivity index (χ0v) is 17.1. The Kier molecular flexibility index (Phi) is 5.59. The average molecular weight is 389 g/mol. The molecule has 0 aliphatic carbocycles. The molecule has 0 aromatic carbocycles. The molecule has 0 N–H and O–H groups in total. The van der Waals surface area contributed by atoms with E-state index in [1.54, 1.807) is 0 Å². The van der Waals surface area contributed by atoms with Crippen molar-refractivity contribution in [3.63, 3.8) is 0 Å². The van der Waals surface area contributed by atoms with E-state index in [9.17, 15) is 4.79 Å². The van der Waals surface area contributed by atoms with E-state index >= 15 is 0 Å². The summed E-state index contributed by atoms with van der Waals surface area (Å²) >= 11 is 1.45. The summed E-state index contributed by atoms with van der Waals surface area (Å²) < 4.78 is 5.26. The Morgan fingerprint density at radius 2 is 1.78 bits per heavy atom. The minimum Gasteiger partial charge on any atom is -0.462 e. The normalized spacial score (nSPS) is 18.4. The number of aryl methyl sites for hydroxylation is 1. The second kappa shape index (κ2) is 8.10. The quantitative estimate of drug-likeness (QED) is 0.727. The predicted molar refractivity (Wildman–Crippen MR) is 109 cm³/mol. The van der Waals surface area contributed by atoms with Crippen molar-refractivity contribution in [2.24, 2.45) is 0 Å². The highest BCUT2D eigenvalue weighted by molar-refractivity contribution is 7.20. The number of ether oxygens (including phenoxy) is 1. The Bertz CT molecular complexity index is 823. The van der Waals surface area contributed by atoms with Gasteiger partial charge in [-0.1, -0.05) is 6.42 Å². The number of carbonyl (C=O) groups is 1. The smallest absolute Gasteiger partial charge is 0.348 e. The molecule has 0 radical (unpaired) electrons. The number of hydrogen-bond acceptors (Lipinski definition) is 7. The molecule has 4 heterocycles. The van der Waals surface area contributed by atoms with Gasteiger partial charge in [-0.25, -0.2) is 14.8 Å². The maximum atomic E-state index is 12.4. The Balaban J connectivity index is 1.75. The van der Waals surface area contributed by atoms with E-state index in [0.717, 1.165) is 60.1 Å². The second-order valence-corrected chi connectivity index (χ2v) is 8.45. The van der Waals surface area contributed by atoms with Crippen molar-refractivity contribution >= 4 is 33.3 Å². The van der Waals surface area contributed by atoms with Gasteiger partial charge in [-0.15, -0.1) is 11.3 Å². The third-order valence-electron chi connectivity index (χ3n) is 5.50. The van der Waals surface area contributed by atoms with Gasteiger partial charge in [-0.3, -0.25) is 4.90 Å². The van der Waals surface area contributed by atoms with Crippen LogP contribution < -0.4 is 4.90 Å². The summed E-state index contributed by atoms with van der Waals surface area (Å²) in [4.78, 5) is 28.6. The van der Waals surface area contributed by atoms with Crippen molar-refractivity contribution in [3.8, 4) is 0 Å². The van der Waals surface area contributed by atoms with Gasteiger partial charge < -0.3 is 9.64 Å². The Hall–Kier alpha value is -1.73. The standard InChI is InChI=1S/C20H28N4O2S/c1-3-26-20(25)17-14(2)16-18(24-11-7-8-12-24)21-15(22-19(16)27-17)13-23-9-5-4-6-10-23/h3-13H2,1-2H3. The van der Waals surface area contributed by atoms with Gasteiger partial charge in [0.15, 0.2) is 0 Å². The lowest BCUT2D eigenvalue weighted by molar-refractivity contribution is 0.0531. The summed E-state index contributed by atoms with van der Waals surface area (Å²) in [6, 6.07) is 0. The predicted octanol–water partition coefficient (Wildman–Crippen LogP) is 3.76. The van der Waals surface area contributed by atoms with E-state index in [-0.39, 0.29) is 5.97 Å². The zero-order valence-electron chi connectivity index (χ0n) is 16.3. The Morgan fingerprint density at radius 3 is 2.48 bits per heavy atom. The minimum absolute atomic E-state index is 0.247. The number of aromatic nitrogens is 2. The molecule has 2 saturated heterocycles. The van der Waals surface area contributed by atoms with Gasteiger partial charge in [0, 0.05) is 13.1 Å². The number of hydrogen-bond donors (Lipinski definition) is 0. The fourth-order valence-corrected chi connectivity index (χ4v) is 5.19. The Labute approximate surface area is 164 Å². The highest BCUT2D eigenvalue weighted by atomic mass is 32.1. The van der Waals surface area contributed by atoms with Crippen molar-refractivity contribution < 1.29 is 9.53 Å². The average Bonchev–Trinajstić information content (AvgIpc) is 3.31. The highest BCUT2D eigenvalue weighted by Crippen LogP contribution is 2.37. The van der Waals surface area contributed by atoms with Crippen LogP contribution in [0.4, 0.5) is 5.82 Å². The summed E-state index contributed by atoms with van der Waals surface area (Å²) in [5.74, 6) is 1.64. The lowest BCUT2D eigenvalue weighted by Crippen LogP contribution is -2.30. The number of fused-ring (bicyclic) bond motifs is 1. The first-order chi connectivity index (χ1) is 13.2. The van der Waals surface area contributed by atoms with Crippen LogP contribution in [0.3, 0.4) is 0 Å².